The number of methoxy groups -OCH3 is 1. The number of benzene rings is 1. The molecule has 1 fully saturated rings. The van der Waals surface area contributed by atoms with Crippen molar-refractivity contribution in [2.75, 3.05) is 47.5 Å². The Morgan fingerprint density at radius 1 is 1.29 bits per heavy atom. The van der Waals surface area contributed by atoms with Crippen LogP contribution in [0.1, 0.15) is 13.3 Å². The van der Waals surface area contributed by atoms with Crippen LogP contribution < -0.4 is 4.74 Å². The van der Waals surface area contributed by atoms with Gasteiger partial charge in [0.1, 0.15) is 5.75 Å². The first kappa shape index (κ1) is 19.2. The average Bonchev–Trinajstić information content (AvgIpc) is 2.75. The van der Waals surface area contributed by atoms with Crippen LogP contribution in [-0.4, -0.2) is 71.2 Å². The van der Waals surface area contributed by atoms with E-state index in [0.717, 1.165) is 13.0 Å². The summed E-state index contributed by atoms with van der Waals surface area (Å²) in [7, 11) is 2.06. The molecule has 1 aliphatic rings. The lowest BCUT2D eigenvalue weighted by molar-refractivity contribution is 0.111. The van der Waals surface area contributed by atoms with Crippen LogP contribution in [0.5, 0.6) is 5.75 Å². The molecule has 1 saturated heterocycles. The molecular formula is C17H28N2O4S. The van der Waals surface area contributed by atoms with Crippen LogP contribution in [0.25, 0.3) is 0 Å². The Bertz CT molecular complexity index is 616. The molecule has 0 radical (unpaired) electrons. The zero-order valence-corrected chi connectivity index (χ0v) is 15.8. The van der Waals surface area contributed by atoms with Gasteiger partial charge in [-0.15, -0.1) is 0 Å². The second-order valence-electron chi connectivity index (χ2n) is 6.46. The molecule has 2 rings (SSSR count). The van der Waals surface area contributed by atoms with Crippen molar-refractivity contribution >= 4 is 10.0 Å². The van der Waals surface area contributed by atoms with E-state index in [-0.39, 0.29) is 12.0 Å². The fourth-order valence-corrected chi connectivity index (χ4v) is 4.61. The van der Waals surface area contributed by atoms with Crippen LogP contribution in [0.4, 0.5) is 0 Å². The molecule has 0 unspecified atom stereocenters. The first-order valence-electron chi connectivity index (χ1n) is 8.24. The predicted molar refractivity (Wildman–Crippen MR) is 93.8 cm³/mol. The summed E-state index contributed by atoms with van der Waals surface area (Å²) in [4.78, 5) is 2.41. The van der Waals surface area contributed by atoms with E-state index in [0.29, 0.717) is 30.4 Å². The highest BCUT2D eigenvalue weighted by atomic mass is 32.2. The molecule has 136 valence electrons. The zero-order chi connectivity index (χ0) is 17.7. The van der Waals surface area contributed by atoms with Crippen molar-refractivity contribution in [3.63, 3.8) is 0 Å². The number of nitrogens with zero attached hydrogens (tertiary/aromatic N) is 2. The lowest BCUT2D eigenvalue weighted by atomic mass is 9.98. The minimum atomic E-state index is -3.55. The van der Waals surface area contributed by atoms with Gasteiger partial charge in [0.2, 0.25) is 10.0 Å². The molecule has 0 aliphatic carbocycles. The Hall–Kier alpha value is -1.15. The van der Waals surface area contributed by atoms with Gasteiger partial charge >= 0.3 is 0 Å². The van der Waals surface area contributed by atoms with Gasteiger partial charge in [-0.1, -0.05) is 0 Å². The van der Waals surface area contributed by atoms with Crippen LogP contribution in [0, 0.1) is 5.92 Å². The van der Waals surface area contributed by atoms with Crippen molar-refractivity contribution in [2.24, 2.45) is 5.92 Å². The van der Waals surface area contributed by atoms with Gasteiger partial charge in [0.25, 0.3) is 0 Å². The maximum Gasteiger partial charge on any atom is 0.243 e. The summed E-state index contributed by atoms with van der Waals surface area (Å²) < 4.78 is 38.5. The molecule has 0 bridgehead atoms. The molecule has 7 heteroatoms. The smallest absolute Gasteiger partial charge is 0.243 e. The second-order valence-corrected chi connectivity index (χ2v) is 8.35. The summed E-state index contributed by atoms with van der Waals surface area (Å²) in [6.07, 6.45) is 0.906. The van der Waals surface area contributed by atoms with E-state index in [1.165, 1.54) is 0 Å². The molecule has 6 nitrogen and oxygen atoms in total. The maximum absolute atomic E-state index is 13.1. The molecule has 0 spiro atoms. The summed E-state index contributed by atoms with van der Waals surface area (Å²) in [5.74, 6) is 0.827. The van der Waals surface area contributed by atoms with Gasteiger partial charge in [-0.05, 0) is 64.2 Å². The number of hydrogen-bond donors (Lipinski definition) is 0. The highest BCUT2D eigenvalue weighted by Gasteiger charge is 2.35. The van der Waals surface area contributed by atoms with Gasteiger partial charge < -0.3 is 14.4 Å². The fraction of sp³-hybridized carbons (Fsp3) is 0.647. The second kappa shape index (κ2) is 8.29. The summed E-state index contributed by atoms with van der Waals surface area (Å²) in [6.45, 7) is 4.31. The highest BCUT2D eigenvalue weighted by molar-refractivity contribution is 7.89. The lowest BCUT2D eigenvalue weighted by Crippen LogP contribution is -2.43. The minimum absolute atomic E-state index is 0.0976. The molecule has 1 aromatic carbocycles. The zero-order valence-electron chi connectivity index (χ0n) is 14.9. The Kier molecular flexibility index (Phi) is 6.62. The van der Waals surface area contributed by atoms with Gasteiger partial charge in [0.05, 0.1) is 25.2 Å². The van der Waals surface area contributed by atoms with Crippen molar-refractivity contribution in [1.82, 2.24) is 9.21 Å². The van der Waals surface area contributed by atoms with E-state index in [9.17, 15) is 8.42 Å². The van der Waals surface area contributed by atoms with Gasteiger partial charge in [-0.25, -0.2) is 8.42 Å². The topological polar surface area (TPSA) is 59.1 Å². The van der Waals surface area contributed by atoms with Crippen molar-refractivity contribution in [2.45, 2.75) is 24.3 Å². The van der Waals surface area contributed by atoms with Crippen molar-refractivity contribution < 1.29 is 17.9 Å². The molecule has 0 N–H and O–H groups in total. The lowest BCUT2D eigenvalue weighted by Gasteiger charge is -2.31. The summed E-state index contributed by atoms with van der Waals surface area (Å²) in [5.41, 5.74) is 0. The van der Waals surface area contributed by atoms with Crippen LogP contribution in [0.3, 0.4) is 0 Å². The molecule has 0 aromatic heterocycles. The Morgan fingerprint density at radius 3 is 2.54 bits per heavy atom. The molecule has 0 saturated carbocycles. The summed E-state index contributed by atoms with van der Waals surface area (Å²) >= 11 is 0. The predicted octanol–water partition coefficient (Wildman–Crippen LogP) is 1.67. The SMILES string of the molecule is COc1ccc(S(=O)(=O)N2CCOC[C@@H](CCN(C)C)[C@@H]2C)cc1. The van der Waals surface area contributed by atoms with Gasteiger partial charge in [-0.3, -0.25) is 0 Å². The van der Waals surface area contributed by atoms with Crippen molar-refractivity contribution in [1.29, 1.82) is 0 Å². The number of ether oxygens (including phenoxy) is 2. The number of hydrogen-bond acceptors (Lipinski definition) is 5. The van der Waals surface area contributed by atoms with Gasteiger partial charge in [0, 0.05) is 12.6 Å². The first-order valence-corrected chi connectivity index (χ1v) is 9.68. The normalized spacial score (nSPS) is 23.2. The fourth-order valence-electron chi connectivity index (χ4n) is 2.94. The molecule has 1 heterocycles. The molecule has 2 atom stereocenters. The van der Waals surface area contributed by atoms with Crippen LogP contribution in [-0.2, 0) is 14.8 Å². The van der Waals surface area contributed by atoms with E-state index in [4.69, 9.17) is 9.47 Å². The highest BCUT2D eigenvalue weighted by Crippen LogP contribution is 2.26. The first-order chi connectivity index (χ1) is 11.4. The van der Waals surface area contributed by atoms with Crippen molar-refractivity contribution in [3.05, 3.63) is 24.3 Å². The standard InChI is InChI=1S/C17H28N2O4S/c1-14-15(9-10-18(2)3)13-23-12-11-19(14)24(20,21)17-7-5-16(22-4)6-8-17/h5-8,14-15H,9-13H2,1-4H3/t14-,15+/m0/s1. The van der Waals surface area contributed by atoms with Crippen LogP contribution in [0.2, 0.25) is 0 Å². The largest absolute Gasteiger partial charge is 0.497 e. The Balaban J connectivity index is 2.22. The quantitative estimate of drug-likeness (QED) is 0.776. The summed E-state index contributed by atoms with van der Waals surface area (Å²) in [5, 5.41) is 0. The Labute approximate surface area is 145 Å². The van der Waals surface area contributed by atoms with Crippen LogP contribution in [0.15, 0.2) is 29.2 Å². The minimum Gasteiger partial charge on any atom is -0.497 e. The number of rotatable bonds is 6. The molecular weight excluding hydrogens is 328 g/mol. The Morgan fingerprint density at radius 2 is 1.96 bits per heavy atom. The van der Waals surface area contributed by atoms with Crippen LogP contribution >= 0.6 is 0 Å². The van der Waals surface area contributed by atoms with Gasteiger partial charge in [-0.2, -0.15) is 4.31 Å². The molecule has 1 aromatic rings. The summed E-state index contributed by atoms with van der Waals surface area (Å²) in [6, 6.07) is 6.45. The maximum atomic E-state index is 13.1. The third kappa shape index (κ3) is 4.47. The molecule has 0 amide bonds. The van der Waals surface area contributed by atoms with E-state index in [1.54, 1.807) is 35.7 Å². The van der Waals surface area contributed by atoms with Gasteiger partial charge in [0.15, 0.2) is 0 Å². The van der Waals surface area contributed by atoms with Crippen molar-refractivity contribution in [3.8, 4) is 5.75 Å². The molecule has 24 heavy (non-hydrogen) atoms. The van der Waals surface area contributed by atoms with E-state index in [1.807, 2.05) is 21.0 Å². The van der Waals surface area contributed by atoms with E-state index >= 15 is 0 Å². The van der Waals surface area contributed by atoms with E-state index < -0.39 is 10.0 Å². The number of sulfonamides is 1. The molecule has 1 aliphatic heterocycles. The third-order valence-corrected chi connectivity index (χ3v) is 6.54. The monoisotopic (exact) mass is 356 g/mol. The average molecular weight is 356 g/mol. The third-order valence-electron chi connectivity index (χ3n) is 4.54. The van der Waals surface area contributed by atoms with E-state index in [2.05, 4.69) is 4.90 Å².